The fourth-order valence-electron chi connectivity index (χ4n) is 3.10. The molecule has 138 valence electrons. The van der Waals surface area contributed by atoms with E-state index in [4.69, 9.17) is 4.74 Å². The van der Waals surface area contributed by atoms with Gasteiger partial charge in [-0.15, -0.1) is 0 Å². The second kappa shape index (κ2) is 7.91. The van der Waals surface area contributed by atoms with Gasteiger partial charge >= 0.3 is 0 Å². The summed E-state index contributed by atoms with van der Waals surface area (Å²) in [7, 11) is -3.21. The van der Waals surface area contributed by atoms with Crippen molar-refractivity contribution < 1.29 is 17.9 Å². The summed E-state index contributed by atoms with van der Waals surface area (Å²) in [6.07, 6.45) is 3.20. The fraction of sp³-hybridized carbons (Fsp3) is 0.350. The largest absolute Gasteiger partial charge is 0.493 e. The molecule has 1 N–H and O–H groups in total. The van der Waals surface area contributed by atoms with Crippen molar-refractivity contribution in [1.29, 1.82) is 0 Å². The first-order valence-corrected chi connectivity index (χ1v) is 10.6. The first kappa shape index (κ1) is 18.5. The molecular weight excluding hydrogens is 350 g/mol. The Balaban J connectivity index is 1.53. The van der Waals surface area contributed by atoms with Crippen LogP contribution < -0.4 is 10.1 Å². The Morgan fingerprint density at radius 3 is 2.62 bits per heavy atom. The lowest BCUT2D eigenvalue weighted by molar-refractivity contribution is -0.120. The third-order valence-corrected chi connectivity index (χ3v) is 5.70. The summed E-state index contributed by atoms with van der Waals surface area (Å²) in [5, 5.41) is 2.99. The molecule has 0 fully saturated rings. The van der Waals surface area contributed by atoms with Crippen LogP contribution in [0.4, 0.5) is 0 Å². The maximum absolute atomic E-state index is 12.2. The number of sulfone groups is 1. The van der Waals surface area contributed by atoms with Gasteiger partial charge in [0.25, 0.3) is 0 Å². The maximum Gasteiger partial charge on any atom is 0.224 e. The number of para-hydroxylation sites is 1. The van der Waals surface area contributed by atoms with Crippen molar-refractivity contribution in [1.82, 2.24) is 5.32 Å². The molecule has 0 aliphatic carbocycles. The van der Waals surface area contributed by atoms with Gasteiger partial charge in [-0.3, -0.25) is 4.79 Å². The van der Waals surface area contributed by atoms with E-state index in [1.165, 1.54) is 24.0 Å². The Kier molecular flexibility index (Phi) is 5.61. The highest BCUT2D eigenvalue weighted by Crippen LogP contribution is 2.26. The van der Waals surface area contributed by atoms with Gasteiger partial charge in [0.15, 0.2) is 9.84 Å². The van der Waals surface area contributed by atoms with Gasteiger partial charge in [-0.2, -0.15) is 0 Å². The van der Waals surface area contributed by atoms with Gasteiger partial charge in [0, 0.05) is 12.8 Å². The average molecular weight is 373 g/mol. The summed E-state index contributed by atoms with van der Waals surface area (Å²) in [6.45, 7) is 1.27. The molecule has 0 aromatic heterocycles. The standard InChI is InChI=1S/C20H23NO4S/c1-26(23,24)18-8-6-15(7-9-18)13-20(22)21-14-16-10-11-25-19-5-3-2-4-17(19)12-16/h2-9,16H,10-14H2,1H3,(H,21,22)/t16-/m1/s1. The molecule has 2 aromatic carbocycles. The number of amides is 1. The predicted octanol–water partition coefficient (Wildman–Crippen LogP) is 2.39. The normalized spacial score (nSPS) is 16.9. The molecule has 1 heterocycles. The molecule has 5 nitrogen and oxygen atoms in total. The van der Waals surface area contributed by atoms with Gasteiger partial charge in [-0.1, -0.05) is 30.3 Å². The molecule has 3 rings (SSSR count). The van der Waals surface area contributed by atoms with E-state index in [-0.39, 0.29) is 17.2 Å². The number of hydrogen-bond donors (Lipinski definition) is 1. The second-order valence-electron chi connectivity index (χ2n) is 6.71. The molecule has 1 atom stereocenters. The summed E-state index contributed by atoms with van der Waals surface area (Å²) < 4.78 is 28.7. The van der Waals surface area contributed by atoms with Crippen LogP contribution in [0.1, 0.15) is 17.5 Å². The quantitative estimate of drug-likeness (QED) is 0.873. The molecule has 2 aromatic rings. The lowest BCUT2D eigenvalue weighted by Crippen LogP contribution is -2.31. The van der Waals surface area contributed by atoms with Crippen molar-refractivity contribution in [2.24, 2.45) is 5.92 Å². The van der Waals surface area contributed by atoms with Crippen molar-refractivity contribution in [3.8, 4) is 5.75 Å². The van der Waals surface area contributed by atoms with Crippen molar-refractivity contribution in [3.63, 3.8) is 0 Å². The minimum Gasteiger partial charge on any atom is -0.493 e. The lowest BCUT2D eigenvalue weighted by atomic mass is 9.97. The zero-order valence-corrected chi connectivity index (χ0v) is 15.6. The van der Waals surface area contributed by atoms with Crippen LogP contribution >= 0.6 is 0 Å². The highest BCUT2D eigenvalue weighted by molar-refractivity contribution is 7.90. The zero-order valence-electron chi connectivity index (χ0n) is 14.8. The third kappa shape index (κ3) is 4.85. The molecule has 0 unspecified atom stereocenters. The van der Waals surface area contributed by atoms with E-state index in [0.29, 0.717) is 19.1 Å². The van der Waals surface area contributed by atoms with E-state index in [0.717, 1.165) is 24.2 Å². The monoisotopic (exact) mass is 373 g/mol. The minimum absolute atomic E-state index is 0.0597. The van der Waals surface area contributed by atoms with Crippen molar-refractivity contribution in [2.75, 3.05) is 19.4 Å². The molecular formula is C20H23NO4S. The van der Waals surface area contributed by atoms with Gasteiger partial charge in [0.05, 0.1) is 17.9 Å². The Labute approximate surface area is 154 Å². The number of hydrogen-bond acceptors (Lipinski definition) is 4. The van der Waals surface area contributed by atoms with E-state index in [1.54, 1.807) is 12.1 Å². The van der Waals surface area contributed by atoms with Crippen LogP contribution in [-0.4, -0.2) is 33.7 Å². The fourth-order valence-corrected chi connectivity index (χ4v) is 3.73. The number of carbonyl (C=O) groups is 1. The number of carbonyl (C=O) groups excluding carboxylic acids is 1. The minimum atomic E-state index is -3.21. The van der Waals surface area contributed by atoms with E-state index in [9.17, 15) is 13.2 Å². The molecule has 26 heavy (non-hydrogen) atoms. The van der Waals surface area contributed by atoms with Gasteiger partial charge in [-0.05, 0) is 48.1 Å². The van der Waals surface area contributed by atoms with Crippen LogP contribution in [0.15, 0.2) is 53.4 Å². The SMILES string of the molecule is CS(=O)(=O)c1ccc(CC(=O)NC[C@@H]2CCOc3ccccc3C2)cc1. The van der Waals surface area contributed by atoms with Crippen LogP contribution in [0, 0.1) is 5.92 Å². The Morgan fingerprint density at radius 2 is 1.88 bits per heavy atom. The maximum atomic E-state index is 12.2. The predicted molar refractivity (Wildman–Crippen MR) is 100 cm³/mol. The topological polar surface area (TPSA) is 72.5 Å². The Morgan fingerprint density at radius 1 is 1.15 bits per heavy atom. The highest BCUT2D eigenvalue weighted by Gasteiger charge is 2.18. The smallest absolute Gasteiger partial charge is 0.224 e. The van der Waals surface area contributed by atoms with Gasteiger partial charge in [0.1, 0.15) is 5.75 Å². The number of benzene rings is 2. The van der Waals surface area contributed by atoms with E-state index < -0.39 is 9.84 Å². The molecule has 1 amide bonds. The van der Waals surface area contributed by atoms with Crippen molar-refractivity contribution >= 4 is 15.7 Å². The molecule has 0 saturated carbocycles. The van der Waals surface area contributed by atoms with E-state index in [2.05, 4.69) is 11.4 Å². The van der Waals surface area contributed by atoms with Crippen LogP contribution in [0.2, 0.25) is 0 Å². The van der Waals surface area contributed by atoms with Gasteiger partial charge < -0.3 is 10.1 Å². The lowest BCUT2D eigenvalue weighted by Gasteiger charge is -2.14. The van der Waals surface area contributed by atoms with Gasteiger partial charge in [0.2, 0.25) is 5.91 Å². The summed E-state index contributed by atoms with van der Waals surface area (Å²) in [5.74, 6) is 1.22. The van der Waals surface area contributed by atoms with Crippen LogP contribution in [0.25, 0.3) is 0 Å². The van der Waals surface area contributed by atoms with Crippen LogP contribution in [0.3, 0.4) is 0 Å². The molecule has 0 bridgehead atoms. The van der Waals surface area contributed by atoms with Crippen molar-refractivity contribution in [3.05, 3.63) is 59.7 Å². The van der Waals surface area contributed by atoms with Crippen molar-refractivity contribution in [2.45, 2.75) is 24.2 Å². The van der Waals surface area contributed by atoms with Gasteiger partial charge in [-0.25, -0.2) is 8.42 Å². The molecule has 0 saturated heterocycles. The number of rotatable bonds is 5. The molecule has 6 heteroatoms. The third-order valence-electron chi connectivity index (χ3n) is 4.57. The number of ether oxygens (including phenoxy) is 1. The average Bonchev–Trinajstić information content (AvgIpc) is 2.81. The first-order chi connectivity index (χ1) is 12.4. The second-order valence-corrected chi connectivity index (χ2v) is 8.73. The highest BCUT2D eigenvalue weighted by atomic mass is 32.2. The first-order valence-electron chi connectivity index (χ1n) is 8.68. The molecule has 1 aliphatic heterocycles. The summed E-state index contributed by atoms with van der Waals surface area (Å²) in [4.78, 5) is 12.5. The van der Waals surface area contributed by atoms with Crippen LogP contribution in [0.5, 0.6) is 5.75 Å². The summed E-state index contributed by atoms with van der Waals surface area (Å²) in [6, 6.07) is 14.5. The molecule has 0 radical (unpaired) electrons. The summed E-state index contributed by atoms with van der Waals surface area (Å²) >= 11 is 0. The van der Waals surface area contributed by atoms with E-state index >= 15 is 0 Å². The molecule has 0 spiro atoms. The Bertz CT molecular complexity index is 875. The Hall–Kier alpha value is -2.34. The van der Waals surface area contributed by atoms with Crippen LogP contribution in [-0.2, 0) is 27.5 Å². The molecule has 1 aliphatic rings. The number of fused-ring (bicyclic) bond motifs is 1. The number of nitrogens with one attached hydrogen (secondary N) is 1. The summed E-state index contributed by atoms with van der Waals surface area (Å²) in [5.41, 5.74) is 1.98. The zero-order chi connectivity index (χ0) is 18.6. The van der Waals surface area contributed by atoms with E-state index in [1.807, 2.05) is 18.2 Å².